The van der Waals surface area contributed by atoms with Crippen LogP contribution in [-0.4, -0.2) is 56.4 Å². The first kappa shape index (κ1) is 24.7. The fourth-order valence-electron chi connectivity index (χ4n) is 4.82. The first-order valence-corrected chi connectivity index (χ1v) is 13.8. The van der Waals surface area contributed by atoms with E-state index >= 15 is 0 Å². The van der Waals surface area contributed by atoms with Gasteiger partial charge in [-0.15, -0.1) is 0 Å². The molecule has 0 bridgehead atoms. The first-order chi connectivity index (χ1) is 16.5. The highest BCUT2D eigenvalue weighted by Gasteiger charge is 2.25. The second kappa shape index (κ2) is 11.8. The molecular formula is C26H36N4O3S. The van der Waals surface area contributed by atoms with E-state index in [2.05, 4.69) is 39.8 Å². The Morgan fingerprint density at radius 3 is 2.32 bits per heavy atom. The summed E-state index contributed by atoms with van der Waals surface area (Å²) in [7, 11) is -3.43. The number of sulfonamides is 1. The summed E-state index contributed by atoms with van der Waals surface area (Å²) in [5.41, 5.74) is 2.20. The summed E-state index contributed by atoms with van der Waals surface area (Å²) in [5.74, 6) is 0.447. The lowest BCUT2D eigenvalue weighted by Crippen LogP contribution is -2.43. The highest BCUT2D eigenvalue weighted by molar-refractivity contribution is 7.89. The molecule has 1 atom stereocenters. The van der Waals surface area contributed by atoms with Crippen LogP contribution in [0.5, 0.6) is 0 Å². The minimum Gasteiger partial charge on any atom is -0.338 e. The molecule has 2 aromatic rings. The van der Waals surface area contributed by atoms with Crippen molar-refractivity contribution in [1.29, 1.82) is 0 Å². The maximum absolute atomic E-state index is 12.8. The molecule has 2 saturated heterocycles. The van der Waals surface area contributed by atoms with Gasteiger partial charge in [0.15, 0.2) is 0 Å². The number of carbonyl (C=O) groups excluding carboxylic acids is 1. The fraction of sp³-hybridized carbons (Fsp3) is 0.500. The van der Waals surface area contributed by atoms with E-state index in [4.69, 9.17) is 0 Å². The molecule has 2 heterocycles. The van der Waals surface area contributed by atoms with Crippen molar-refractivity contribution in [2.75, 3.05) is 32.7 Å². The fourth-order valence-corrected chi connectivity index (χ4v) is 6.34. The summed E-state index contributed by atoms with van der Waals surface area (Å²) in [5, 5.41) is 5.89. The van der Waals surface area contributed by atoms with Crippen molar-refractivity contribution in [2.45, 2.75) is 50.1 Å². The highest BCUT2D eigenvalue weighted by Crippen LogP contribution is 2.21. The van der Waals surface area contributed by atoms with E-state index in [-0.39, 0.29) is 6.03 Å². The molecule has 8 heteroatoms. The zero-order chi connectivity index (χ0) is 23.8. The number of nitrogens with zero attached hydrogens (tertiary/aromatic N) is 2. The molecule has 0 saturated carbocycles. The average Bonchev–Trinajstić information content (AvgIpc) is 2.88. The summed E-state index contributed by atoms with van der Waals surface area (Å²) in [6, 6.07) is 17.1. The van der Waals surface area contributed by atoms with Gasteiger partial charge in [0.25, 0.3) is 0 Å². The molecule has 0 radical (unpaired) electrons. The first-order valence-electron chi connectivity index (χ1n) is 12.4. The van der Waals surface area contributed by atoms with Crippen LogP contribution < -0.4 is 10.6 Å². The highest BCUT2D eigenvalue weighted by atomic mass is 32.2. The molecule has 2 aliphatic heterocycles. The second-order valence-corrected chi connectivity index (χ2v) is 11.3. The number of amides is 2. The molecule has 1 unspecified atom stereocenters. The van der Waals surface area contributed by atoms with E-state index in [0.29, 0.717) is 37.0 Å². The molecule has 2 aromatic carbocycles. The minimum absolute atomic E-state index is 0.190. The summed E-state index contributed by atoms with van der Waals surface area (Å²) >= 11 is 0. The Bertz CT molecular complexity index is 1020. The van der Waals surface area contributed by atoms with Gasteiger partial charge in [0, 0.05) is 39.3 Å². The molecule has 2 amide bonds. The van der Waals surface area contributed by atoms with Gasteiger partial charge < -0.3 is 10.6 Å². The number of hydrogen-bond donors (Lipinski definition) is 2. The molecule has 0 aliphatic carbocycles. The largest absolute Gasteiger partial charge is 0.338 e. The minimum atomic E-state index is -3.43. The third-order valence-electron chi connectivity index (χ3n) is 6.73. The number of nitrogens with one attached hydrogen (secondary N) is 2. The van der Waals surface area contributed by atoms with Gasteiger partial charge in [0.1, 0.15) is 0 Å². The third-order valence-corrected chi connectivity index (χ3v) is 8.65. The van der Waals surface area contributed by atoms with E-state index in [0.717, 1.165) is 57.3 Å². The van der Waals surface area contributed by atoms with Crippen LogP contribution in [0.3, 0.4) is 0 Å². The summed E-state index contributed by atoms with van der Waals surface area (Å²) in [6.07, 6.45) is 5.20. The standard InChI is InChI=1S/C26H36N4O3S/c31-26(28-19-24-10-7-15-29(21-24)20-23-8-3-1-4-9-23)27-18-22-11-13-25(14-12-22)34(32,33)30-16-5-2-6-17-30/h1,3-4,8-9,11-14,24H,2,5-7,10,15-21H2,(H2,27,28,31). The van der Waals surface area contributed by atoms with Gasteiger partial charge in [0.05, 0.1) is 4.90 Å². The van der Waals surface area contributed by atoms with Crippen molar-refractivity contribution >= 4 is 16.1 Å². The van der Waals surface area contributed by atoms with Crippen LogP contribution in [0, 0.1) is 5.92 Å². The smallest absolute Gasteiger partial charge is 0.315 e. The maximum Gasteiger partial charge on any atom is 0.315 e. The van der Waals surface area contributed by atoms with E-state index < -0.39 is 10.0 Å². The van der Waals surface area contributed by atoms with Gasteiger partial charge >= 0.3 is 6.03 Å². The van der Waals surface area contributed by atoms with Crippen molar-refractivity contribution in [2.24, 2.45) is 5.92 Å². The van der Waals surface area contributed by atoms with Gasteiger partial charge in [-0.3, -0.25) is 4.90 Å². The Balaban J connectivity index is 1.19. The molecule has 184 valence electrons. The van der Waals surface area contributed by atoms with Gasteiger partial charge in [-0.2, -0.15) is 4.31 Å². The lowest BCUT2D eigenvalue weighted by Gasteiger charge is -2.32. The van der Waals surface area contributed by atoms with E-state index in [1.165, 1.54) is 5.56 Å². The maximum atomic E-state index is 12.8. The van der Waals surface area contributed by atoms with Crippen LogP contribution in [-0.2, 0) is 23.1 Å². The van der Waals surface area contributed by atoms with Crippen LogP contribution in [0.1, 0.15) is 43.2 Å². The number of urea groups is 1. The van der Waals surface area contributed by atoms with Gasteiger partial charge in [-0.05, 0) is 61.4 Å². The Hall–Kier alpha value is -2.42. The van der Waals surface area contributed by atoms with Crippen molar-refractivity contribution < 1.29 is 13.2 Å². The number of hydrogen-bond acceptors (Lipinski definition) is 4. The molecular weight excluding hydrogens is 448 g/mol. The molecule has 2 N–H and O–H groups in total. The number of likely N-dealkylation sites (tertiary alicyclic amines) is 1. The molecule has 2 aliphatic rings. The molecule has 0 spiro atoms. The predicted molar refractivity (Wildman–Crippen MR) is 134 cm³/mol. The predicted octanol–water partition coefficient (Wildman–Crippen LogP) is 3.57. The zero-order valence-corrected chi connectivity index (χ0v) is 20.6. The molecule has 4 rings (SSSR count). The Kier molecular flexibility index (Phi) is 8.59. The number of benzene rings is 2. The van der Waals surface area contributed by atoms with Gasteiger partial charge in [-0.25, -0.2) is 13.2 Å². The monoisotopic (exact) mass is 484 g/mol. The summed E-state index contributed by atoms with van der Waals surface area (Å²) in [6.45, 7) is 5.24. The molecule has 7 nitrogen and oxygen atoms in total. The van der Waals surface area contributed by atoms with E-state index in [9.17, 15) is 13.2 Å². The van der Waals surface area contributed by atoms with Crippen LogP contribution in [0.4, 0.5) is 4.79 Å². The lowest BCUT2D eigenvalue weighted by molar-refractivity contribution is 0.165. The third kappa shape index (κ3) is 6.81. The van der Waals surface area contributed by atoms with Crippen molar-refractivity contribution in [3.8, 4) is 0 Å². The van der Waals surface area contributed by atoms with Gasteiger partial charge in [0.2, 0.25) is 10.0 Å². The van der Waals surface area contributed by atoms with Gasteiger partial charge in [-0.1, -0.05) is 48.9 Å². The number of carbonyl (C=O) groups is 1. The van der Waals surface area contributed by atoms with Crippen LogP contribution >= 0.6 is 0 Å². The van der Waals surface area contributed by atoms with Crippen LogP contribution in [0.25, 0.3) is 0 Å². The van der Waals surface area contributed by atoms with Crippen molar-refractivity contribution in [3.05, 3.63) is 65.7 Å². The summed E-state index contributed by atoms with van der Waals surface area (Å²) in [4.78, 5) is 15.1. The van der Waals surface area contributed by atoms with Crippen LogP contribution in [0.15, 0.2) is 59.5 Å². The molecule has 2 fully saturated rings. The topological polar surface area (TPSA) is 81.8 Å². The second-order valence-electron chi connectivity index (χ2n) is 9.40. The lowest BCUT2D eigenvalue weighted by atomic mass is 9.97. The van der Waals surface area contributed by atoms with E-state index in [1.807, 2.05) is 6.07 Å². The Labute approximate surface area is 203 Å². The zero-order valence-electron chi connectivity index (χ0n) is 19.8. The Morgan fingerprint density at radius 2 is 1.59 bits per heavy atom. The molecule has 0 aromatic heterocycles. The van der Waals surface area contributed by atoms with Crippen molar-refractivity contribution in [3.63, 3.8) is 0 Å². The van der Waals surface area contributed by atoms with E-state index in [1.54, 1.807) is 28.6 Å². The normalized spacial score (nSPS) is 20.1. The Morgan fingerprint density at radius 1 is 0.853 bits per heavy atom. The average molecular weight is 485 g/mol. The van der Waals surface area contributed by atoms with Crippen molar-refractivity contribution in [1.82, 2.24) is 19.8 Å². The molecule has 34 heavy (non-hydrogen) atoms. The number of rotatable bonds is 8. The van der Waals surface area contributed by atoms with Crippen LogP contribution in [0.2, 0.25) is 0 Å². The number of piperidine rings is 2. The summed E-state index contributed by atoms with van der Waals surface area (Å²) < 4.78 is 27.1. The SMILES string of the molecule is O=C(NCc1ccc(S(=O)(=O)N2CCCCC2)cc1)NCC1CCCN(Cc2ccccc2)C1. The quantitative estimate of drug-likeness (QED) is 0.600.